The Morgan fingerprint density at radius 1 is 0.947 bits per heavy atom. The predicted octanol–water partition coefficient (Wildman–Crippen LogP) is 6.99. The van der Waals surface area contributed by atoms with E-state index >= 15 is 0 Å². The standard InChI is InChI=1S/C32H26N4O2/c1-21(37)36-30(25-15-7-10-18-31(25)38)19-29(35-36)24-14-6-8-16-27(24)33-20-26-23-13-5-9-17-28(23)34-32(26)22-11-3-2-4-12-22/h2-18,20,30,34,38H,19H2,1H3. The van der Waals surface area contributed by atoms with Crippen LogP contribution in [0.1, 0.15) is 36.1 Å². The molecule has 186 valence electrons. The number of hydrazone groups is 1. The second kappa shape index (κ2) is 9.82. The minimum Gasteiger partial charge on any atom is -0.508 e. The van der Waals surface area contributed by atoms with Gasteiger partial charge in [0.2, 0.25) is 5.91 Å². The fourth-order valence-electron chi connectivity index (χ4n) is 5.07. The van der Waals surface area contributed by atoms with Gasteiger partial charge in [0.1, 0.15) is 5.75 Å². The van der Waals surface area contributed by atoms with Gasteiger partial charge < -0.3 is 10.1 Å². The Balaban J connectivity index is 1.40. The van der Waals surface area contributed by atoms with Crippen LogP contribution in [-0.4, -0.2) is 32.9 Å². The van der Waals surface area contributed by atoms with Gasteiger partial charge in [0.15, 0.2) is 0 Å². The molecule has 5 aromatic rings. The van der Waals surface area contributed by atoms with E-state index in [1.165, 1.54) is 11.9 Å². The van der Waals surface area contributed by atoms with Gasteiger partial charge in [0.25, 0.3) is 0 Å². The minimum absolute atomic E-state index is 0.152. The Morgan fingerprint density at radius 3 is 2.47 bits per heavy atom. The largest absolute Gasteiger partial charge is 0.508 e. The summed E-state index contributed by atoms with van der Waals surface area (Å²) < 4.78 is 0. The smallest absolute Gasteiger partial charge is 0.240 e. The molecule has 1 amide bonds. The molecule has 4 aromatic carbocycles. The van der Waals surface area contributed by atoms with Gasteiger partial charge in [-0.15, -0.1) is 0 Å². The van der Waals surface area contributed by atoms with Crippen LogP contribution in [0.2, 0.25) is 0 Å². The Hall–Kier alpha value is -4.97. The molecule has 0 aliphatic carbocycles. The summed E-state index contributed by atoms with van der Waals surface area (Å²) in [7, 11) is 0. The third kappa shape index (κ3) is 4.26. The van der Waals surface area contributed by atoms with Gasteiger partial charge >= 0.3 is 0 Å². The maximum Gasteiger partial charge on any atom is 0.240 e. The first-order chi connectivity index (χ1) is 18.6. The zero-order valence-electron chi connectivity index (χ0n) is 20.9. The van der Waals surface area contributed by atoms with Gasteiger partial charge in [-0.2, -0.15) is 5.10 Å². The number of aromatic hydroxyl groups is 1. The first-order valence-electron chi connectivity index (χ1n) is 12.5. The first-order valence-corrected chi connectivity index (χ1v) is 12.5. The summed E-state index contributed by atoms with van der Waals surface area (Å²) >= 11 is 0. The number of amides is 1. The number of aliphatic imine (C=N–C) groups is 1. The van der Waals surface area contributed by atoms with Crippen LogP contribution in [0, 0.1) is 0 Å². The molecule has 0 bridgehead atoms. The molecule has 0 fully saturated rings. The maximum absolute atomic E-state index is 12.5. The van der Waals surface area contributed by atoms with Crippen LogP contribution >= 0.6 is 0 Å². The van der Waals surface area contributed by atoms with Crippen molar-refractivity contribution in [1.29, 1.82) is 0 Å². The number of carbonyl (C=O) groups excluding carboxylic acids is 1. The number of rotatable bonds is 5. The van der Waals surface area contributed by atoms with Gasteiger partial charge in [-0.1, -0.05) is 84.9 Å². The third-order valence-corrected chi connectivity index (χ3v) is 6.89. The summed E-state index contributed by atoms with van der Waals surface area (Å²) in [6.45, 7) is 1.49. The second-order valence-corrected chi connectivity index (χ2v) is 9.29. The summed E-state index contributed by atoms with van der Waals surface area (Å²) in [5.74, 6) is -0.0279. The number of fused-ring (bicyclic) bond motifs is 1. The lowest BCUT2D eigenvalue weighted by Crippen LogP contribution is -2.24. The maximum atomic E-state index is 12.5. The Bertz CT molecular complexity index is 1700. The zero-order valence-corrected chi connectivity index (χ0v) is 20.9. The van der Waals surface area contributed by atoms with Gasteiger partial charge in [0.05, 0.1) is 23.1 Å². The molecule has 1 unspecified atom stereocenters. The summed E-state index contributed by atoms with van der Waals surface area (Å²) in [4.78, 5) is 21.0. The van der Waals surface area contributed by atoms with Crippen molar-refractivity contribution < 1.29 is 9.90 Å². The van der Waals surface area contributed by atoms with E-state index in [1.807, 2.05) is 72.9 Å². The summed E-state index contributed by atoms with van der Waals surface area (Å²) in [6, 6.07) is 33.0. The highest BCUT2D eigenvalue weighted by Crippen LogP contribution is 2.38. The minimum atomic E-state index is -0.376. The van der Waals surface area contributed by atoms with Crippen LogP contribution < -0.4 is 0 Å². The zero-order chi connectivity index (χ0) is 26.1. The van der Waals surface area contributed by atoms with Crippen molar-refractivity contribution >= 4 is 34.4 Å². The van der Waals surface area contributed by atoms with Gasteiger partial charge in [-0.3, -0.25) is 9.79 Å². The summed E-state index contributed by atoms with van der Waals surface area (Å²) in [6.07, 6.45) is 2.38. The number of hydrogen-bond acceptors (Lipinski definition) is 4. The van der Waals surface area contributed by atoms with Crippen LogP contribution in [0.4, 0.5) is 5.69 Å². The van der Waals surface area contributed by atoms with Crippen molar-refractivity contribution in [2.24, 2.45) is 10.1 Å². The van der Waals surface area contributed by atoms with Crippen LogP contribution in [0.25, 0.3) is 22.2 Å². The van der Waals surface area contributed by atoms with Crippen LogP contribution in [-0.2, 0) is 4.79 Å². The Labute approximate surface area is 220 Å². The van der Waals surface area contributed by atoms with Crippen molar-refractivity contribution in [3.63, 3.8) is 0 Å². The van der Waals surface area contributed by atoms with Gasteiger partial charge in [-0.25, -0.2) is 5.01 Å². The molecule has 1 aromatic heterocycles. The van der Waals surface area contributed by atoms with Crippen molar-refractivity contribution in [3.05, 3.63) is 120 Å². The molecule has 0 radical (unpaired) electrons. The number of nitrogens with zero attached hydrogens (tertiary/aromatic N) is 3. The number of benzene rings is 4. The van der Waals surface area contributed by atoms with Crippen LogP contribution in [0.5, 0.6) is 5.75 Å². The van der Waals surface area contributed by atoms with E-state index in [1.54, 1.807) is 12.1 Å². The fourth-order valence-corrected chi connectivity index (χ4v) is 5.07. The van der Waals surface area contributed by atoms with Crippen molar-refractivity contribution in [2.75, 3.05) is 0 Å². The number of carbonyl (C=O) groups is 1. The number of H-pyrrole nitrogens is 1. The Morgan fingerprint density at radius 2 is 1.66 bits per heavy atom. The second-order valence-electron chi connectivity index (χ2n) is 9.29. The van der Waals surface area contributed by atoms with Crippen LogP contribution in [0.15, 0.2) is 113 Å². The van der Waals surface area contributed by atoms with E-state index in [2.05, 4.69) is 34.4 Å². The number of nitrogens with one attached hydrogen (secondary N) is 1. The van der Waals surface area contributed by atoms with Gasteiger partial charge in [-0.05, 0) is 23.8 Å². The highest BCUT2D eigenvalue weighted by molar-refractivity contribution is 6.09. The quantitative estimate of drug-likeness (QED) is 0.256. The van der Waals surface area contributed by atoms with E-state index < -0.39 is 0 Å². The lowest BCUT2D eigenvalue weighted by molar-refractivity contribution is -0.130. The van der Waals surface area contributed by atoms with E-state index in [0.29, 0.717) is 12.0 Å². The third-order valence-electron chi connectivity index (χ3n) is 6.89. The molecular formula is C32H26N4O2. The number of phenolic OH excluding ortho intramolecular Hbond substituents is 1. The van der Waals surface area contributed by atoms with E-state index in [9.17, 15) is 9.90 Å². The monoisotopic (exact) mass is 498 g/mol. The highest BCUT2D eigenvalue weighted by atomic mass is 16.3. The first kappa shape index (κ1) is 23.4. The number of aromatic nitrogens is 1. The number of phenols is 1. The highest BCUT2D eigenvalue weighted by Gasteiger charge is 2.33. The molecule has 6 heteroatoms. The lowest BCUT2D eigenvalue weighted by Gasteiger charge is -2.21. The molecule has 1 atom stereocenters. The number of hydrogen-bond donors (Lipinski definition) is 2. The average molecular weight is 499 g/mol. The molecule has 2 heterocycles. The SMILES string of the molecule is CC(=O)N1N=C(c2ccccc2N=Cc2c(-c3ccccc3)[nH]c3ccccc23)CC1c1ccccc1O. The number of para-hydroxylation sites is 3. The molecular weight excluding hydrogens is 472 g/mol. The summed E-state index contributed by atoms with van der Waals surface area (Å²) in [5.41, 5.74) is 7.19. The predicted molar refractivity (Wildman–Crippen MR) is 152 cm³/mol. The normalized spacial score (nSPS) is 15.3. The molecule has 0 saturated heterocycles. The van der Waals surface area contributed by atoms with E-state index in [0.717, 1.165) is 44.7 Å². The molecule has 1 aliphatic rings. The van der Waals surface area contributed by atoms with Crippen molar-refractivity contribution in [1.82, 2.24) is 9.99 Å². The van der Waals surface area contributed by atoms with Crippen molar-refractivity contribution in [2.45, 2.75) is 19.4 Å². The van der Waals surface area contributed by atoms with E-state index in [-0.39, 0.29) is 17.7 Å². The van der Waals surface area contributed by atoms with Crippen LogP contribution in [0.3, 0.4) is 0 Å². The molecule has 0 spiro atoms. The van der Waals surface area contributed by atoms with Crippen molar-refractivity contribution in [3.8, 4) is 17.0 Å². The molecule has 6 rings (SSSR count). The van der Waals surface area contributed by atoms with E-state index in [4.69, 9.17) is 4.99 Å². The molecule has 6 nitrogen and oxygen atoms in total. The Kier molecular flexibility index (Phi) is 6.06. The van der Waals surface area contributed by atoms with Gasteiger partial charge in [0, 0.05) is 47.2 Å². The molecule has 38 heavy (non-hydrogen) atoms. The fraction of sp³-hybridized carbons (Fsp3) is 0.0938. The molecule has 0 saturated carbocycles. The topological polar surface area (TPSA) is 81.0 Å². The summed E-state index contributed by atoms with van der Waals surface area (Å²) in [5, 5.41) is 17.7. The molecule has 1 aliphatic heterocycles. The number of aromatic amines is 1. The lowest BCUT2D eigenvalue weighted by atomic mass is 9.97. The average Bonchev–Trinajstić information content (AvgIpc) is 3.55. The molecule has 2 N–H and O–H groups in total.